The molecule has 1 N–H and O–H groups in total. The van der Waals surface area contributed by atoms with E-state index < -0.39 is 0 Å². The van der Waals surface area contributed by atoms with Gasteiger partial charge >= 0.3 is 0 Å². The predicted molar refractivity (Wildman–Crippen MR) is 85.5 cm³/mol. The van der Waals surface area contributed by atoms with Crippen LogP contribution < -0.4 is 5.32 Å². The van der Waals surface area contributed by atoms with E-state index in [4.69, 9.17) is 0 Å². The topological polar surface area (TPSA) is 12.0 Å². The van der Waals surface area contributed by atoms with Crippen molar-refractivity contribution in [3.63, 3.8) is 0 Å². The van der Waals surface area contributed by atoms with E-state index >= 15 is 0 Å². The first-order valence-corrected chi connectivity index (χ1v) is 7.06. The first kappa shape index (κ1) is 14.4. The van der Waals surface area contributed by atoms with E-state index in [1.165, 1.54) is 16.7 Å². The van der Waals surface area contributed by atoms with Gasteiger partial charge in [-0.15, -0.1) is 11.8 Å². The third-order valence-corrected chi connectivity index (χ3v) is 3.41. The monoisotopic (exact) mass is 263 g/mol. The van der Waals surface area contributed by atoms with Gasteiger partial charge in [0.05, 0.1) is 6.04 Å². The molecule has 0 aromatic heterocycles. The van der Waals surface area contributed by atoms with Crippen LogP contribution in [0.1, 0.15) is 36.1 Å². The van der Waals surface area contributed by atoms with Crippen molar-refractivity contribution in [2.45, 2.75) is 26.3 Å². The van der Waals surface area contributed by atoms with Gasteiger partial charge in [0, 0.05) is 13.0 Å². The SMILES string of the molecule is CC#CCCNC(c1ccccc1)c1ccccc1C. The highest BCUT2D eigenvalue weighted by atomic mass is 14.9. The van der Waals surface area contributed by atoms with Crippen LogP contribution in [0.5, 0.6) is 0 Å². The minimum absolute atomic E-state index is 0.232. The molecule has 0 saturated heterocycles. The predicted octanol–water partition coefficient (Wildman–Crippen LogP) is 4.09. The maximum atomic E-state index is 3.63. The van der Waals surface area contributed by atoms with Crippen LogP contribution in [-0.4, -0.2) is 6.54 Å². The Morgan fingerprint density at radius 2 is 1.70 bits per heavy atom. The Morgan fingerprint density at radius 3 is 2.40 bits per heavy atom. The van der Waals surface area contributed by atoms with Crippen molar-refractivity contribution in [1.82, 2.24) is 5.32 Å². The van der Waals surface area contributed by atoms with Gasteiger partial charge < -0.3 is 5.32 Å². The number of aryl methyl sites for hydroxylation is 1. The number of hydrogen-bond acceptors (Lipinski definition) is 1. The van der Waals surface area contributed by atoms with Crippen LogP contribution >= 0.6 is 0 Å². The Kier molecular flexibility index (Phi) is 5.41. The molecule has 1 nitrogen and oxygen atoms in total. The summed E-state index contributed by atoms with van der Waals surface area (Å²) >= 11 is 0. The summed E-state index contributed by atoms with van der Waals surface area (Å²) in [6.45, 7) is 4.95. The minimum Gasteiger partial charge on any atom is -0.305 e. The Balaban J connectivity index is 2.24. The molecule has 1 atom stereocenters. The molecule has 0 fully saturated rings. The molecule has 0 bridgehead atoms. The van der Waals surface area contributed by atoms with E-state index in [-0.39, 0.29) is 6.04 Å². The minimum atomic E-state index is 0.232. The van der Waals surface area contributed by atoms with Gasteiger partial charge in [-0.2, -0.15) is 0 Å². The smallest absolute Gasteiger partial charge is 0.0579 e. The van der Waals surface area contributed by atoms with Crippen LogP contribution in [0.15, 0.2) is 54.6 Å². The van der Waals surface area contributed by atoms with Crippen molar-refractivity contribution in [2.75, 3.05) is 6.54 Å². The second-order valence-corrected chi connectivity index (χ2v) is 4.83. The van der Waals surface area contributed by atoms with Crippen molar-refractivity contribution in [3.8, 4) is 11.8 Å². The number of rotatable bonds is 5. The molecule has 2 aromatic carbocycles. The maximum absolute atomic E-state index is 3.63. The molecule has 0 saturated carbocycles. The lowest BCUT2D eigenvalue weighted by atomic mass is 9.95. The van der Waals surface area contributed by atoms with E-state index in [0.717, 1.165) is 13.0 Å². The summed E-state index contributed by atoms with van der Waals surface area (Å²) in [6, 6.07) is 19.4. The fraction of sp³-hybridized carbons (Fsp3) is 0.263. The highest BCUT2D eigenvalue weighted by Crippen LogP contribution is 2.24. The fourth-order valence-corrected chi connectivity index (χ4v) is 2.37. The standard InChI is InChI=1S/C19H21N/c1-3-4-10-15-20-19(17-12-6-5-7-13-17)18-14-9-8-11-16(18)2/h5-9,11-14,19-20H,10,15H2,1-2H3. The van der Waals surface area contributed by atoms with Gasteiger partial charge in [0.25, 0.3) is 0 Å². The Morgan fingerprint density at radius 1 is 1.00 bits per heavy atom. The molecular formula is C19H21N. The van der Waals surface area contributed by atoms with Crippen LogP contribution in [0.25, 0.3) is 0 Å². The second-order valence-electron chi connectivity index (χ2n) is 4.83. The first-order valence-electron chi connectivity index (χ1n) is 7.06. The molecule has 0 aliphatic rings. The Labute approximate surface area is 122 Å². The molecule has 0 aliphatic carbocycles. The van der Waals surface area contributed by atoms with Gasteiger partial charge in [-0.1, -0.05) is 54.6 Å². The lowest BCUT2D eigenvalue weighted by Crippen LogP contribution is -2.24. The fourth-order valence-electron chi connectivity index (χ4n) is 2.37. The zero-order chi connectivity index (χ0) is 14.2. The highest BCUT2D eigenvalue weighted by molar-refractivity contribution is 5.36. The number of nitrogens with one attached hydrogen (secondary N) is 1. The lowest BCUT2D eigenvalue weighted by molar-refractivity contribution is 0.612. The molecule has 1 heteroatoms. The molecular weight excluding hydrogens is 242 g/mol. The first-order chi connectivity index (χ1) is 9.83. The maximum Gasteiger partial charge on any atom is 0.0579 e. The molecule has 0 aliphatic heterocycles. The van der Waals surface area contributed by atoms with Gasteiger partial charge in [0.2, 0.25) is 0 Å². The molecule has 0 heterocycles. The van der Waals surface area contributed by atoms with Crippen LogP contribution in [0.2, 0.25) is 0 Å². The van der Waals surface area contributed by atoms with E-state index in [9.17, 15) is 0 Å². The van der Waals surface area contributed by atoms with Gasteiger partial charge in [0.15, 0.2) is 0 Å². The van der Waals surface area contributed by atoms with Crippen LogP contribution in [0.4, 0.5) is 0 Å². The van der Waals surface area contributed by atoms with Crippen molar-refractivity contribution < 1.29 is 0 Å². The van der Waals surface area contributed by atoms with Crippen molar-refractivity contribution in [3.05, 3.63) is 71.3 Å². The summed E-state index contributed by atoms with van der Waals surface area (Å²) in [5, 5.41) is 3.63. The second kappa shape index (κ2) is 7.53. The van der Waals surface area contributed by atoms with E-state index in [2.05, 4.69) is 78.7 Å². The summed E-state index contributed by atoms with van der Waals surface area (Å²) in [6.07, 6.45) is 0.881. The zero-order valence-corrected chi connectivity index (χ0v) is 12.2. The number of hydrogen-bond donors (Lipinski definition) is 1. The molecule has 0 spiro atoms. The summed E-state index contributed by atoms with van der Waals surface area (Å²) in [5.74, 6) is 6.05. The Bertz CT molecular complexity index is 590. The molecule has 102 valence electrons. The van der Waals surface area contributed by atoms with Gasteiger partial charge in [-0.05, 0) is 30.5 Å². The normalized spacial score (nSPS) is 11.5. The molecule has 2 aromatic rings. The third-order valence-electron chi connectivity index (χ3n) is 3.41. The largest absolute Gasteiger partial charge is 0.305 e. The van der Waals surface area contributed by atoms with E-state index in [0.29, 0.717) is 0 Å². The molecule has 0 amide bonds. The Hall–Kier alpha value is -2.04. The molecule has 20 heavy (non-hydrogen) atoms. The van der Waals surface area contributed by atoms with E-state index in [1.54, 1.807) is 0 Å². The summed E-state index contributed by atoms with van der Waals surface area (Å²) in [4.78, 5) is 0. The van der Waals surface area contributed by atoms with Crippen molar-refractivity contribution in [1.29, 1.82) is 0 Å². The van der Waals surface area contributed by atoms with Crippen molar-refractivity contribution in [2.24, 2.45) is 0 Å². The summed E-state index contributed by atoms with van der Waals surface area (Å²) < 4.78 is 0. The third kappa shape index (κ3) is 3.73. The lowest BCUT2D eigenvalue weighted by Gasteiger charge is -2.21. The van der Waals surface area contributed by atoms with Crippen molar-refractivity contribution >= 4 is 0 Å². The van der Waals surface area contributed by atoms with Crippen LogP contribution in [-0.2, 0) is 0 Å². The molecule has 2 rings (SSSR count). The summed E-state index contributed by atoms with van der Waals surface area (Å²) in [7, 11) is 0. The van der Waals surface area contributed by atoms with E-state index in [1.807, 2.05) is 6.92 Å². The average Bonchev–Trinajstić information content (AvgIpc) is 2.49. The van der Waals surface area contributed by atoms with Gasteiger partial charge in [-0.25, -0.2) is 0 Å². The van der Waals surface area contributed by atoms with Gasteiger partial charge in [0.1, 0.15) is 0 Å². The highest BCUT2D eigenvalue weighted by Gasteiger charge is 2.14. The number of benzene rings is 2. The van der Waals surface area contributed by atoms with Crippen LogP contribution in [0.3, 0.4) is 0 Å². The zero-order valence-electron chi connectivity index (χ0n) is 12.2. The quantitative estimate of drug-likeness (QED) is 0.633. The van der Waals surface area contributed by atoms with Gasteiger partial charge in [-0.3, -0.25) is 0 Å². The molecule has 0 radical (unpaired) electrons. The average molecular weight is 263 g/mol. The van der Waals surface area contributed by atoms with Crippen LogP contribution in [0, 0.1) is 18.8 Å². The summed E-state index contributed by atoms with van der Waals surface area (Å²) in [5.41, 5.74) is 3.95. The molecule has 1 unspecified atom stereocenters.